The third-order valence-corrected chi connectivity index (χ3v) is 6.24. The molecular formula is C17H22N2S2. The number of aromatic nitrogens is 1. The zero-order valence-corrected chi connectivity index (χ0v) is 14.3. The van der Waals surface area contributed by atoms with E-state index in [1.165, 1.54) is 45.3 Å². The predicted octanol–water partition coefficient (Wildman–Crippen LogP) is 4.38. The van der Waals surface area contributed by atoms with Gasteiger partial charge in [-0.2, -0.15) is 0 Å². The molecular weight excluding hydrogens is 296 g/mol. The number of likely N-dealkylation sites (N-methyl/N-ethyl adjacent to an activating group) is 1. The molecule has 4 heteroatoms. The van der Waals surface area contributed by atoms with Gasteiger partial charge < -0.3 is 5.32 Å². The highest BCUT2D eigenvalue weighted by Crippen LogP contribution is 2.36. The monoisotopic (exact) mass is 318 g/mol. The molecule has 1 aliphatic rings. The first-order valence-corrected chi connectivity index (χ1v) is 9.39. The molecule has 3 rings (SSSR count). The zero-order valence-electron chi connectivity index (χ0n) is 12.7. The number of hydrogen-bond donors (Lipinski definition) is 1. The van der Waals surface area contributed by atoms with Crippen molar-refractivity contribution in [2.45, 2.75) is 42.8 Å². The molecule has 0 fully saturated rings. The Bertz CT molecular complexity index is 607. The lowest BCUT2D eigenvalue weighted by atomic mass is 9.91. The molecule has 0 radical (unpaired) electrons. The van der Waals surface area contributed by atoms with Gasteiger partial charge in [-0.1, -0.05) is 17.7 Å². The van der Waals surface area contributed by atoms with Gasteiger partial charge in [0.25, 0.3) is 0 Å². The van der Waals surface area contributed by atoms with E-state index in [2.05, 4.69) is 36.5 Å². The molecule has 1 atom stereocenters. The summed E-state index contributed by atoms with van der Waals surface area (Å²) in [5, 5.41) is 4.60. The number of fused-ring (bicyclic) bond motifs is 1. The first kappa shape index (κ1) is 15.1. The molecule has 0 saturated carbocycles. The van der Waals surface area contributed by atoms with Crippen molar-refractivity contribution in [3.63, 3.8) is 0 Å². The molecule has 1 N–H and O–H groups in total. The fourth-order valence-corrected chi connectivity index (χ4v) is 5.12. The van der Waals surface area contributed by atoms with Crippen LogP contribution in [0, 0.1) is 6.92 Å². The minimum atomic E-state index is 0.618. The first-order valence-electron chi connectivity index (χ1n) is 7.59. The number of thioether (sulfide) groups is 1. The number of rotatable bonds is 5. The predicted molar refractivity (Wildman–Crippen MR) is 92.5 cm³/mol. The van der Waals surface area contributed by atoms with Crippen molar-refractivity contribution in [2.75, 3.05) is 13.6 Å². The number of nitrogens with one attached hydrogen (secondary N) is 1. The highest BCUT2D eigenvalue weighted by atomic mass is 32.2. The Morgan fingerprint density at radius 1 is 1.43 bits per heavy atom. The fraction of sp³-hybridized carbons (Fsp3) is 0.471. The summed E-state index contributed by atoms with van der Waals surface area (Å²) < 4.78 is 0. The summed E-state index contributed by atoms with van der Waals surface area (Å²) in [6.45, 7) is 3.20. The molecule has 112 valence electrons. The van der Waals surface area contributed by atoms with Crippen LogP contribution in [0.5, 0.6) is 0 Å². The normalized spacial score (nSPS) is 17.7. The van der Waals surface area contributed by atoms with Crippen LogP contribution in [0.2, 0.25) is 0 Å². The third kappa shape index (κ3) is 3.68. The van der Waals surface area contributed by atoms with E-state index in [1.807, 2.05) is 30.1 Å². The van der Waals surface area contributed by atoms with Gasteiger partial charge in [0.1, 0.15) is 5.01 Å². The smallest absolute Gasteiger partial charge is 0.103 e. The van der Waals surface area contributed by atoms with Gasteiger partial charge in [0.2, 0.25) is 0 Å². The lowest BCUT2D eigenvalue weighted by Gasteiger charge is -2.20. The van der Waals surface area contributed by atoms with Crippen LogP contribution in [0.25, 0.3) is 0 Å². The van der Waals surface area contributed by atoms with Crippen LogP contribution in [-0.2, 0) is 12.2 Å². The number of hydrogen-bond acceptors (Lipinski definition) is 4. The van der Waals surface area contributed by atoms with Crippen molar-refractivity contribution < 1.29 is 0 Å². The van der Waals surface area contributed by atoms with E-state index in [4.69, 9.17) is 4.98 Å². The Hall–Kier alpha value is -0.840. The summed E-state index contributed by atoms with van der Waals surface area (Å²) in [5.41, 5.74) is 2.70. The zero-order chi connectivity index (χ0) is 14.7. The van der Waals surface area contributed by atoms with E-state index < -0.39 is 0 Å². The molecule has 2 aromatic rings. The highest BCUT2D eigenvalue weighted by Gasteiger charge is 2.24. The van der Waals surface area contributed by atoms with Crippen molar-refractivity contribution in [3.8, 4) is 0 Å². The Balaban J connectivity index is 1.69. The van der Waals surface area contributed by atoms with E-state index >= 15 is 0 Å². The van der Waals surface area contributed by atoms with E-state index in [-0.39, 0.29) is 0 Å². The number of aryl methyl sites for hydroxylation is 2. The minimum absolute atomic E-state index is 0.618. The summed E-state index contributed by atoms with van der Waals surface area (Å²) in [7, 11) is 2.04. The van der Waals surface area contributed by atoms with Gasteiger partial charge in [0.15, 0.2) is 0 Å². The van der Waals surface area contributed by atoms with Crippen LogP contribution >= 0.6 is 23.1 Å². The highest BCUT2D eigenvalue weighted by molar-refractivity contribution is 7.98. The standard InChI is InChI=1S/C17H22N2S2/c1-12-5-3-7-14(9-12)20-11-16-19-17-13(10-18-2)6-4-8-15(17)21-16/h3,5,7,9,13,18H,4,6,8,10-11H2,1-2H3. The Labute approximate surface area is 135 Å². The van der Waals surface area contributed by atoms with Gasteiger partial charge in [-0.05, 0) is 45.4 Å². The minimum Gasteiger partial charge on any atom is -0.319 e. The maximum atomic E-state index is 4.95. The van der Waals surface area contributed by atoms with Crippen LogP contribution in [0.1, 0.15) is 39.9 Å². The lowest BCUT2D eigenvalue weighted by Crippen LogP contribution is -2.21. The average Bonchev–Trinajstić information content (AvgIpc) is 2.90. The molecule has 0 bridgehead atoms. The van der Waals surface area contributed by atoms with Crippen LogP contribution in [0.4, 0.5) is 0 Å². The second-order valence-corrected chi connectivity index (χ2v) is 7.88. The van der Waals surface area contributed by atoms with Gasteiger partial charge in [0, 0.05) is 22.2 Å². The molecule has 2 nitrogen and oxygen atoms in total. The lowest BCUT2D eigenvalue weighted by molar-refractivity contribution is 0.522. The van der Waals surface area contributed by atoms with Gasteiger partial charge >= 0.3 is 0 Å². The Morgan fingerprint density at radius 2 is 2.33 bits per heavy atom. The second-order valence-electron chi connectivity index (χ2n) is 5.67. The largest absolute Gasteiger partial charge is 0.319 e. The summed E-state index contributed by atoms with van der Waals surface area (Å²) in [6, 6.07) is 8.72. The van der Waals surface area contributed by atoms with E-state index in [0.29, 0.717) is 5.92 Å². The fourth-order valence-electron chi connectivity index (χ4n) is 2.91. The summed E-state index contributed by atoms with van der Waals surface area (Å²) >= 11 is 3.83. The van der Waals surface area contributed by atoms with Gasteiger partial charge in [0.05, 0.1) is 11.4 Å². The molecule has 1 aliphatic carbocycles. The average molecular weight is 319 g/mol. The summed E-state index contributed by atoms with van der Waals surface area (Å²) in [6.07, 6.45) is 3.82. The molecule has 0 spiro atoms. The quantitative estimate of drug-likeness (QED) is 0.828. The molecule has 0 saturated heterocycles. The van der Waals surface area contributed by atoms with Crippen LogP contribution < -0.4 is 5.32 Å². The molecule has 1 heterocycles. The first-order chi connectivity index (χ1) is 10.3. The van der Waals surface area contributed by atoms with Crippen LogP contribution in [-0.4, -0.2) is 18.6 Å². The van der Waals surface area contributed by atoms with Crippen LogP contribution in [0.15, 0.2) is 29.2 Å². The summed E-state index contributed by atoms with van der Waals surface area (Å²) in [4.78, 5) is 7.82. The molecule has 21 heavy (non-hydrogen) atoms. The van der Waals surface area contributed by atoms with Gasteiger partial charge in [-0.3, -0.25) is 0 Å². The van der Waals surface area contributed by atoms with E-state index in [9.17, 15) is 0 Å². The second kappa shape index (κ2) is 6.95. The maximum Gasteiger partial charge on any atom is 0.103 e. The third-order valence-electron chi connectivity index (χ3n) is 3.92. The van der Waals surface area contributed by atoms with Crippen molar-refractivity contribution in [1.82, 2.24) is 10.3 Å². The number of thiazole rings is 1. The van der Waals surface area contributed by atoms with E-state index in [1.54, 1.807) is 0 Å². The molecule has 1 unspecified atom stereocenters. The number of nitrogens with zero attached hydrogens (tertiary/aromatic N) is 1. The molecule has 1 aromatic carbocycles. The van der Waals surface area contributed by atoms with Crippen LogP contribution in [0.3, 0.4) is 0 Å². The molecule has 1 aromatic heterocycles. The topological polar surface area (TPSA) is 24.9 Å². The van der Waals surface area contributed by atoms with Crippen molar-refractivity contribution in [1.29, 1.82) is 0 Å². The Morgan fingerprint density at radius 3 is 3.14 bits per heavy atom. The number of benzene rings is 1. The van der Waals surface area contributed by atoms with Crippen molar-refractivity contribution >= 4 is 23.1 Å². The SMILES string of the molecule is CNCC1CCCc2sc(CSc3cccc(C)c3)nc21. The van der Waals surface area contributed by atoms with Gasteiger partial charge in [-0.25, -0.2) is 4.98 Å². The van der Waals surface area contributed by atoms with E-state index in [0.717, 1.165) is 12.3 Å². The van der Waals surface area contributed by atoms with Crippen molar-refractivity contribution in [2.24, 2.45) is 0 Å². The van der Waals surface area contributed by atoms with Crippen molar-refractivity contribution in [3.05, 3.63) is 45.4 Å². The molecule has 0 amide bonds. The maximum absolute atomic E-state index is 4.95. The Kier molecular flexibility index (Phi) is 4.99. The summed E-state index contributed by atoms with van der Waals surface area (Å²) in [5.74, 6) is 1.61. The van der Waals surface area contributed by atoms with Gasteiger partial charge in [-0.15, -0.1) is 23.1 Å². The molecule has 0 aliphatic heterocycles.